The van der Waals surface area contributed by atoms with Crippen LogP contribution in [0.4, 0.5) is 0 Å². The van der Waals surface area contributed by atoms with Gasteiger partial charge in [-0.05, 0) is 63.7 Å². The third kappa shape index (κ3) is 5.06. The number of hydrogen-bond donors (Lipinski definition) is 0. The third-order valence-corrected chi connectivity index (χ3v) is 12.2. The topological polar surface area (TPSA) is 56.5 Å². The summed E-state index contributed by atoms with van der Waals surface area (Å²) in [5, 5.41) is 3.40. The molecular formula is C49H33N5S. The van der Waals surface area contributed by atoms with Gasteiger partial charge in [0.2, 0.25) is 5.95 Å². The van der Waals surface area contributed by atoms with Crippen LogP contribution in [-0.4, -0.2) is 24.5 Å². The van der Waals surface area contributed by atoms with Crippen LogP contribution in [0.1, 0.15) is 25.0 Å². The van der Waals surface area contributed by atoms with Gasteiger partial charge in [0.1, 0.15) is 5.01 Å². The van der Waals surface area contributed by atoms with Gasteiger partial charge in [0.05, 0.1) is 21.3 Å². The first-order valence-electron chi connectivity index (χ1n) is 18.6. The van der Waals surface area contributed by atoms with Crippen molar-refractivity contribution in [3.63, 3.8) is 0 Å². The number of fused-ring (bicyclic) bond motifs is 7. The van der Waals surface area contributed by atoms with Gasteiger partial charge in [-0.2, -0.15) is 9.97 Å². The minimum absolute atomic E-state index is 0.145. The van der Waals surface area contributed by atoms with Crippen LogP contribution in [0, 0.1) is 0 Å². The van der Waals surface area contributed by atoms with Crippen molar-refractivity contribution >= 4 is 43.4 Å². The number of nitrogens with zero attached hydrogens (tertiary/aromatic N) is 5. The fourth-order valence-corrected chi connectivity index (χ4v) is 9.29. The van der Waals surface area contributed by atoms with Crippen molar-refractivity contribution in [3.8, 4) is 61.5 Å². The highest BCUT2D eigenvalue weighted by atomic mass is 32.1. The maximum Gasteiger partial charge on any atom is 0.238 e. The minimum Gasteiger partial charge on any atom is -0.278 e. The molecule has 55 heavy (non-hydrogen) atoms. The molecule has 0 spiro atoms. The SMILES string of the molecule is CC1(C)c2cc(-c3ccc(-c4nc(-c5ccccc5)nc(-n5c6ccccc6c6ccccc65)n4)cc3)ccc2-c2cc3nc(-c4ccccc4)sc3cc21. The average molecular weight is 724 g/mol. The van der Waals surface area contributed by atoms with Crippen LogP contribution < -0.4 is 0 Å². The van der Waals surface area contributed by atoms with Gasteiger partial charge in [0.25, 0.3) is 0 Å². The molecule has 0 unspecified atom stereocenters. The zero-order valence-electron chi connectivity index (χ0n) is 30.2. The molecule has 5 nitrogen and oxygen atoms in total. The summed E-state index contributed by atoms with van der Waals surface area (Å²) in [5.74, 6) is 1.86. The predicted octanol–water partition coefficient (Wildman–Crippen LogP) is 12.6. The second-order valence-corrected chi connectivity index (χ2v) is 15.8. The van der Waals surface area contributed by atoms with E-state index in [-0.39, 0.29) is 5.41 Å². The Labute approximate surface area is 322 Å². The van der Waals surface area contributed by atoms with Crippen molar-refractivity contribution in [2.75, 3.05) is 0 Å². The highest BCUT2D eigenvalue weighted by Gasteiger charge is 2.36. The average Bonchev–Trinajstić information content (AvgIpc) is 3.89. The van der Waals surface area contributed by atoms with Crippen LogP contribution in [0.2, 0.25) is 0 Å². The highest BCUT2D eigenvalue weighted by Crippen LogP contribution is 2.51. The molecule has 0 atom stereocenters. The molecule has 0 amide bonds. The van der Waals surface area contributed by atoms with Crippen molar-refractivity contribution in [2.45, 2.75) is 19.3 Å². The third-order valence-electron chi connectivity index (χ3n) is 11.1. The molecule has 1 aliphatic rings. The van der Waals surface area contributed by atoms with E-state index in [2.05, 4.69) is 146 Å². The lowest BCUT2D eigenvalue weighted by Crippen LogP contribution is -2.14. The predicted molar refractivity (Wildman–Crippen MR) is 227 cm³/mol. The molecule has 0 saturated carbocycles. The summed E-state index contributed by atoms with van der Waals surface area (Å²) in [6.45, 7) is 4.69. The van der Waals surface area contributed by atoms with Crippen LogP contribution in [0.3, 0.4) is 0 Å². The lowest BCUT2D eigenvalue weighted by atomic mass is 9.81. The summed E-state index contributed by atoms with van der Waals surface area (Å²) >= 11 is 1.77. The van der Waals surface area contributed by atoms with E-state index in [0.717, 1.165) is 43.8 Å². The standard InChI is InChI=1S/C49H33N5S/c1-49(2)39-27-34(25-26-35(39)38-28-41-44(29-40(38)49)55-47(50-41)33-15-7-4-8-16-33)30-21-23-32(24-22-30)46-51-45(31-13-5-3-6-14-31)52-48(53-46)54-42-19-11-9-17-36(42)37-18-10-12-20-43(37)54/h3-29H,1-2H3. The summed E-state index contributed by atoms with van der Waals surface area (Å²) in [5.41, 5.74) is 13.7. The summed E-state index contributed by atoms with van der Waals surface area (Å²) in [6, 6.07) is 57.7. The van der Waals surface area contributed by atoms with E-state index in [0.29, 0.717) is 17.6 Å². The number of thiazole rings is 1. The minimum atomic E-state index is -0.145. The molecule has 0 N–H and O–H groups in total. The Morgan fingerprint density at radius 2 is 1.00 bits per heavy atom. The second-order valence-electron chi connectivity index (χ2n) is 14.7. The van der Waals surface area contributed by atoms with Gasteiger partial charge in [0.15, 0.2) is 11.6 Å². The summed E-state index contributed by atoms with van der Waals surface area (Å²) in [6.07, 6.45) is 0. The molecular weight excluding hydrogens is 691 g/mol. The second kappa shape index (κ2) is 12.1. The smallest absolute Gasteiger partial charge is 0.238 e. The Hall–Kier alpha value is -6.76. The first kappa shape index (κ1) is 31.7. The molecule has 11 rings (SSSR count). The number of rotatable bonds is 5. The Morgan fingerprint density at radius 3 is 1.67 bits per heavy atom. The van der Waals surface area contributed by atoms with E-state index in [1.54, 1.807) is 11.3 Å². The van der Waals surface area contributed by atoms with E-state index >= 15 is 0 Å². The fourth-order valence-electron chi connectivity index (χ4n) is 8.30. The number of hydrogen-bond acceptors (Lipinski definition) is 5. The van der Waals surface area contributed by atoms with E-state index in [4.69, 9.17) is 19.9 Å². The van der Waals surface area contributed by atoms with E-state index < -0.39 is 0 Å². The maximum atomic E-state index is 5.14. The number of para-hydroxylation sites is 2. The molecule has 3 aromatic heterocycles. The normalized spacial score (nSPS) is 13.1. The molecule has 1 aliphatic carbocycles. The van der Waals surface area contributed by atoms with Gasteiger partial charge >= 0.3 is 0 Å². The lowest BCUT2D eigenvalue weighted by Gasteiger charge is -2.22. The summed E-state index contributed by atoms with van der Waals surface area (Å²) < 4.78 is 3.38. The van der Waals surface area contributed by atoms with Crippen molar-refractivity contribution in [1.82, 2.24) is 24.5 Å². The van der Waals surface area contributed by atoms with Crippen molar-refractivity contribution in [3.05, 3.63) is 175 Å². The van der Waals surface area contributed by atoms with Gasteiger partial charge < -0.3 is 0 Å². The number of aromatic nitrogens is 5. The van der Waals surface area contributed by atoms with Gasteiger partial charge in [-0.3, -0.25) is 4.57 Å². The van der Waals surface area contributed by atoms with Crippen LogP contribution in [0.15, 0.2) is 164 Å². The first-order valence-corrected chi connectivity index (χ1v) is 19.4. The van der Waals surface area contributed by atoms with Crippen LogP contribution >= 0.6 is 11.3 Å². The first-order chi connectivity index (χ1) is 27.0. The highest BCUT2D eigenvalue weighted by molar-refractivity contribution is 7.21. The molecule has 0 fully saturated rings. The number of benzene rings is 7. The van der Waals surface area contributed by atoms with Crippen LogP contribution in [0.25, 0.3) is 93.6 Å². The van der Waals surface area contributed by atoms with Gasteiger partial charge in [-0.15, -0.1) is 11.3 Å². The van der Waals surface area contributed by atoms with E-state index in [1.807, 2.05) is 36.4 Å². The maximum absolute atomic E-state index is 5.14. The summed E-state index contributed by atoms with van der Waals surface area (Å²) in [7, 11) is 0. The van der Waals surface area contributed by atoms with E-state index in [9.17, 15) is 0 Å². The Kier molecular flexibility index (Phi) is 7.00. The van der Waals surface area contributed by atoms with Crippen molar-refractivity contribution in [2.24, 2.45) is 0 Å². The molecule has 0 bridgehead atoms. The zero-order chi connectivity index (χ0) is 36.7. The van der Waals surface area contributed by atoms with Gasteiger partial charge in [0, 0.05) is 32.9 Å². The molecule has 6 heteroatoms. The molecule has 7 aromatic carbocycles. The zero-order valence-corrected chi connectivity index (χ0v) is 31.0. The monoisotopic (exact) mass is 723 g/mol. The van der Waals surface area contributed by atoms with Crippen LogP contribution in [-0.2, 0) is 5.41 Å². The molecule has 0 saturated heterocycles. The van der Waals surface area contributed by atoms with Gasteiger partial charge in [-0.1, -0.05) is 147 Å². The Balaban J connectivity index is 0.980. The molecule has 0 radical (unpaired) electrons. The Bertz CT molecular complexity index is 3050. The largest absolute Gasteiger partial charge is 0.278 e. The molecule has 260 valence electrons. The quantitative estimate of drug-likeness (QED) is 0.177. The van der Waals surface area contributed by atoms with Crippen LogP contribution in [0.5, 0.6) is 0 Å². The lowest BCUT2D eigenvalue weighted by molar-refractivity contribution is 0.661. The van der Waals surface area contributed by atoms with Crippen molar-refractivity contribution < 1.29 is 0 Å². The molecule has 10 aromatic rings. The van der Waals surface area contributed by atoms with E-state index in [1.165, 1.54) is 43.3 Å². The Morgan fingerprint density at radius 1 is 0.455 bits per heavy atom. The van der Waals surface area contributed by atoms with Gasteiger partial charge in [-0.25, -0.2) is 9.97 Å². The fraction of sp³-hybridized carbons (Fsp3) is 0.0612. The summed E-state index contributed by atoms with van der Waals surface area (Å²) in [4.78, 5) is 20.3. The molecule has 0 aliphatic heterocycles. The molecule has 3 heterocycles. The van der Waals surface area contributed by atoms with Crippen molar-refractivity contribution in [1.29, 1.82) is 0 Å².